The third kappa shape index (κ3) is 4.71. The van der Waals surface area contributed by atoms with Gasteiger partial charge in [0.1, 0.15) is 29.9 Å². The van der Waals surface area contributed by atoms with Gasteiger partial charge in [0.25, 0.3) is 0 Å². The number of nitrogens with one attached hydrogen (secondary N) is 1. The number of carbonyl (C=O) groups is 3. The van der Waals surface area contributed by atoms with Gasteiger partial charge < -0.3 is 15.0 Å². The van der Waals surface area contributed by atoms with Crippen LogP contribution in [0.15, 0.2) is 42.7 Å². The van der Waals surface area contributed by atoms with E-state index in [1.807, 2.05) is 26.0 Å². The molecule has 2 aliphatic rings. The molecule has 0 spiro atoms. The SMILES string of the molecule is COc1cccc(NC(=O)[C@@H]2C[C@@]3(C)CC3N2C(=O)Cn2nc(C(C)=O)c3cc(-c4cnc(C)nc4)cc(C)c32)n1. The van der Waals surface area contributed by atoms with Gasteiger partial charge in [-0.25, -0.2) is 9.97 Å². The lowest BCUT2D eigenvalue weighted by Crippen LogP contribution is -2.46. The number of hydrogen-bond acceptors (Lipinski definition) is 8. The van der Waals surface area contributed by atoms with E-state index in [-0.39, 0.29) is 35.6 Å². The van der Waals surface area contributed by atoms with E-state index in [4.69, 9.17) is 4.74 Å². The predicted octanol–water partition coefficient (Wildman–Crippen LogP) is 3.73. The minimum atomic E-state index is -0.636. The normalized spacial score (nSPS) is 21.0. The molecule has 1 saturated heterocycles. The molecule has 1 N–H and O–H groups in total. The van der Waals surface area contributed by atoms with Gasteiger partial charge in [-0.3, -0.25) is 19.1 Å². The quantitative estimate of drug-likeness (QED) is 0.343. The molecule has 11 heteroatoms. The summed E-state index contributed by atoms with van der Waals surface area (Å²) in [7, 11) is 1.51. The molecule has 1 aliphatic carbocycles. The Bertz CT molecular complexity index is 1710. The van der Waals surface area contributed by atoms with Gasteiger partial charge in [-0.05, 0) is 61.4 Å². The maximum Gasteiger partial charge on any atom is 0.248 e. The van der Waals surface area contributed by atoms with Gasteiger partial charge in [0.15, 0.2) is 5.78 Å². The minimum absolute atomic E-state index is 0.0210. The fraction of sp³-hybridized carbons (Fsp3) is 0.367. The van der Waals surface area contributed by atoms with E-state index in [1.54, 1.807) is 40.2 Å². The van der Waals surface area contributed by atoms with Crippen LogP contribution in [0.4, 0.5) is 5.82 Å². The molecule has 2 amide bonds. The van der Waals surface area contributed by atoms with Gasteiger partial charge in [-0.1, -0.05) is 13.0 Å². The Morgan fingerprint density at radius 2 is 1.85 bits per heavy atom. The number of nitrogens with zero attached hydrogens (tertiary/aromatic N) is 6. The van der Waals surface area contributed by atoms with Crippen LogP contribution in [0.3, 0.4) is 0 Å². The van der Waals surface area contributed by atoms with Gasteiger partial charge in [0.2, 0.25) is 17.7 Å². The maximum atomic E-state index is 13.9. The number of amides is 2. The van der Waals surface area contributed by atoms with E-state index in [9.17, 15) is 14.4 Å². The molecule has 1 aromatic carbocycles. The molecule has 4 heterocycles. The van der Waals surface area contributed by atoms with Crippen molar-refractivity contribution in [3.8, 4) is 17.0 Å². The molecule has 4 aromatic rings. The van der Waals surface area contributed by atoms with Crippen LogP contribution < -0.4 is 10.1 Å². The average molecular weight is 554 g/mol. The number of anilines is 1. The number of aromatic nitrogens is 5. The van der Waals surface area contributed by atoms with E-state index in [0.29, 0.717) is 40.5 Å². The summed E-state index contributed by atoms with van der Waals surface area (Å²) in [5.74, 6) is 0.715. The summed E-state index contributed by atoms with van der Waals surface area (Å²) < 4.78 is 6.75. The van der Waals surface area contributed by atoms with E-state index < -0.39 is 6.04 Å². The van der Waals surface area contributed by atoms with Crippen LogP contribution in [-0.4, -0.2) is 66.4 Å². The number of ether oxygens (including phenoxy) is 1. The van der Waals surface area contributed by atoms with Crippen LogP contribution >= 0.6 is 0 Å². The number of hydrogen-bond donors (Lipinski definition) is 1. The molecule has 1 unspecified atom stereocenters. The Kier molecular flexibility index (Phi) is 6.32. The number of methoxy groups -OCH3 is 1. The van der Waals surface area contributed by atoms with Crippen LogP contribution in [-0.2, 0) is 16.1 Å². The molecule has 11 nitrogen and oxygen atoms in total. The van der Waals surface area contributed by atoms with Gasteiger partial charge in [0.05, 0.1) is 12.6 Å². The lowest BCUT2D eigenvalue weighted by Gasteiger charge is -2.27. The molecular formula is C30H31N7O4. The van der Waals surface area contributed by atoms with Crippen LogP contribution in [0.1, 0.15) is 48.6 Å². The Morgan fingerprint density at radius 1 is 1.10 bits per heavy atom. The summed E-state index contributed by atoms with van der Waals surface area (Å²) in [5, 5.41) is 8.10. The molecule has 210 valence electrons. The van der Waals surface area contributed by atoms with Crippen molar-refractivity contribution in [1.29, 1.82) is 0 Å². The first kappa shape index (κ1) is 26.5. The molecule has 3 atom stereocenters. The third-order valence-corrected chi connectivity index (χ3v) is 8.18. The number of aryl methyl sites for hydroxylation is 2. The molecule has 6 rings (SSSR count). The van der Waals surface area contributed by atoms with Crippen LogP contribution in [0.25, 0.3) is 22.0 Å². The molecule has 41 heavy (non-hydrogen) atoms. The zero-order chi connectivity index (χ0) is 29.1. The summed E-state index contributed by atoms with van der Waals surface area (Å²) >= 11 is 0. The number of pyridine rings is 1. The second-order valence-corrected chi connectivity index (χ2v) is 11.2. The molecule has 0 radical (unpaired) electrons. The summed E-state index contributed by atoms with van der Waals surface area (Å²) in [4.78, 5) is 54.4. The van der Waals surface area contributed by atoms with E-state index in [2.05, 4.69) is 32.3 Å². The summed E-state index contributed by atoms with van der Waals surface area (Å²) in [5.41, 5.74) is 3.45. The second kappa shape index (κ2) is 9.76. The van der Waals surface area contributed by atoms with Crippen molar-refractivity contribution >= 4 is 34.3 Å². The summed E-state index contributed by atoms with van der Waals surface area (Å²) in [6.45, 7) is 7.23. The fourth-order valence-corrected chi connectivity index (χ4v) is 5.99. The van der Waals surface area contributed by atoms with E-state index >= 15 is 0 Å². The Hall–Kier alpha value is -4.67. The second-order valence-electron chi connectivity index (χ2n) is 11.2. The van der Waals surface area contributed by atoms with Crippen molar-refractivity contribution in [1.82, 2.24) is 29.6 Å². The molecule has 1 aliphatic heterocycles. The highest BCUT2D eigenvalue weighted by Crippen LogP contribution is 2.59. The number of likely N-dealkylation sites (tertiary alicyclic amines) is 1. The van der Waals surface area contributed by atoms with Gasteiger partial charge in [-0.2, -0.15) is 10.1 Å². The zero-order valence-electron chi connectivity index (χ0n) is 23.6. The largest absolute Gasteiger partial charge is 0.481 e. The van der Waals surface area contributed by atoms with Crippen molar-refractivity contribution in [3.63, 3.8) is 0 Å². The van der Waals surface area contributed by atoms with Crippen molar-refractivity contribution in [2.24, 2.45) is 5.41 Å². The van der Waals surface area contributed by atoms with Crippen molar-refractivity contribution in [3.05, 3.63) is 59.8 Å². The number of rotatable bonds is 7. The Labute approximate surface area is 236 Å². The van der Waals surface area contributed by atoms with Crippen LogP contribution in [0, 0.1) is 19.3 Å². The predicted molar refractivity (Wildman–Crippen MR) is 151 cm³/mol. The van der Waals surface area contributed by atoms with E-state index in [1.165, 1.54) is 14.0 Å². The van der Waals surface area contributed by atoms with Gasteiger partial charge in [-0.15, -0.1) is 0 Å². The number of ketones is 1. The topological polar surface area (TPSA) is 132 Å². The first-order valence-corrected chi connectivity index (χ1v) is 13.5. The fourth-order valence-electron chi connectivity index (χ4n) is 5.99. The lowest BCUT2D eigenvalue weighted by atomic mass is 10.0. The van der Waals surface area contributed by atoms with Gasteiger partial charge >= 0.3 is 0 Å². The first-order valence-electron chi connectivity index (χ1n) is 13.5. The monoisotopic (exact) mass is 553 g/mol. The minimum Gasteiger partial charge on any atom is -0.481 e. The highest BCUT2D eigenvalue weighted by molar-refractivity contribution is 6.07. The van der Waals surface area contributed by atoms with E-state index in [0.717, 1.165) is 23.1 Å². The highest BCUT2D eigenvalue weighted by atomic mass is 16.5. The Morgan fingerprint density at radius 3 is 2.56 bits per heavy atom. The van der Waals surface area contributed by atoms with Crippen molar-refractivity contribution < 1.29 is 19.1 Å². The highest BCUT2D eigenvalue weighted by Gasteiger charge is 2.64. The van der Waals surface area contributed by atoms with Gasteiger partial charge in [0, 0.05) is 42.4 Å². The number of carbonyl (C=O) groups excluding carboxylic acids is 3. The van der Waals surface area contributed by atoms with Crippen molar-refractivity contribution in [2.45, 2.75) is 59.2 Å². The Balaban J connectivity index is 1.31. The molecule has 2 fully saturated rings. The van der Waals surface area contributed by atoms with Crippen LogP contribution in [0.2, 0.25) is 0 Å². The first-order chi connectivity index (χ1) is 19.6. The zero-order valence-corrected chi connectivity index (χ0v) is 23.6. The number of fused-ring (bicyclic) bond motifs is 2. The van der Waals surface area contributed by atoms with Crippen molar-refractivity contribution in [2.75, 3.05) is 12.4 Å². The number of benzene rings is 1. The smallest absolute Gasteiger partial charge is 0.248 e. The molecule has 3 aromatic heterocycles. The number of Topliss-reactive ketones (excluding diaryl/α,β-unsaturated/α-hetero) is 1. The molecular weight excluding hydrogens is 522 g/mol. The summed E-state index contributed by atoms with van der Waals surface area (Å²) in [6.07, 6.45) is 4.91. The molecule has 1 saturated carbocycles. The van der Waals surface area contributed by atoms with Crippen LogP contribution in [0.5, 0.6) is 5.88 Å². The molecule has 0 bridgehead atoms. The summed E-state index contributed by atoms with van der Waals surface area (Å²) in [6, 6.07) is 8.34. The average Bonchev–Trinajstić information content (AvgIpc) is 3.29. The maximum absolute atomic E-state index is 13.9. The number of piperidine rings is 1. The third-order valence-electron chi connectivity index (χ3n) is 8.18. The lowest BCUT2D eigenvalue weighted by molar-refractivity contribution is -0.138. The standard InChI is InChI=1S/C30H31N7O4/c1-16-9-19(20-13-31-18(3)32-14-20)10-21-27(17(2)38)35-36(28(16)21)15-26(39)37-22(11-30(4)12-23(30)37)29(40)34-24-7-6-8-25(33-24)41-5/h6-10,13-14,22-23H,11-12,15H2,1-5H3,(H,33,34,40)/t22-,23?,30-/m0/s1.